The third-order valence-corrected chi connectivity index (χ3v) is 6.81. The van der Waals surface area contributed by atoms with Gasteiger partial charge in [-0.2, -0.15) is 5.10 Å². The summed E-state index contributed by atoms with van der Waals surface area (Å²) in [5.74, 6) is 0.775. The van der Waals surface area contributed by atoms with E-state index in [0.29, 0.717) is 5.13 Å². The summed E-state index contributed by atoms with van der Waals surface area (Å²) >= 11 is 1.49. The number of hydrogen-bond donors (Lipinski definition) is 2. The number of amides is 1. The maximum atomic E-state index is 11.6. The minimum Gasteiger partial charge on any atom is -0.358 e. The molecule has 0 spiro atoms. The molecule has 0 radical (unpaired) electrons. The number of nitrogens with zero attached hydrogens (tertiary/aromatic N) is 6. The van der Waals surface area contributed by atoms with Crippen molar-refractivity contribution in [3.05, 3.63) is 54.1 Å². The van der Waals surface area contributed by atoms with E-state index in [1.54, 1.807) is 6.20 Å². The third-order valence-electron chi connectivity index (χ3n) is 5.79. The van der Waals surface area contributed by atoms with Crippen LogP contribution in [-0.2, 0) is 17.6 Å². The van der Waals surface area contributed by atoms with Crippen molar-refractivity contribution in [2.45, 2.75) is 19.8 Å². The van der Waals surface area contributed by atoms with Crippen molar-refractivity contribution >= 4 is 28.2 Å². The zero-order valence-electron chi connectivity index (χ0n) is 19.4. The van der Waals surface area contributed by atoms with Crippen LogP contribution < -0.4 is 15.5 Å². The first-order valence-corrected chi connectivity index (χ1v) is 12.0. The normalized spacial score (nSPS) is 12.2. The molecule has 0 aliphatic heterocycles. The van der Waals surface area contributed by atoms with Gasteiger partial charge in [0.25, 0.3) is 0 Å². The molecule has 4 aromatic rings. The number of likely N-dealkylation sites (N-methyl/N-ethyl adjacent to an activating group) is 2. The van der Waals surface area contributed by atoms with Crippen LogP contribution in [0.25, 0.3) is 27.5 Å². The Morgan fingerprint density at radius 1 is 1.24 bits per heavy atom. The molecule has 1 aliphatic carbocycles. The molecule has 0 aromatic carbocycles. The van der Waals surface area contributed by atoms with Crippen LogP contribution in [0.15, 0.2) is 42.9 Å². The maximum absolute atomic E-state index is 11.6. The number of hydrogen-bond acceptors (Lipinski definition) is 8. The lowest BCUT2D eigenvalue weighted by Gasteiger charge is -2.18. The molecule has 10 heteroatoms. The maximum Gasteiger partial charge on any atom is 0.223 e. The topological polar surface area (TPSA) is 101 Å². The molecule has 5 rings (SSSR count). The Kier molecular flexibility index (Phi) is 6.08. The highest BCUT2D eigenvalue weighted by molar-refractivity contribution is 7.19. The molecule has 34 heavy (non-hydrogen) atoms. The van der Waals surface area contributed by atoms with Crippen LogP contribution >= 0.6 is 11.3 Å². The summed E-state index contributed by atoms with van der Waals surface area (Å²) < 4.78 is 1.95. The highest BCUT2D eigenvalue weighted by Crippen LogP contribution is 2.44. The van der Waals surface area contributed by atoms with Gasteiger partial charge in [-0.3, -0.25) is 9.78 Å². The number of aromatic nitrogens is 5. The van der Waals surface area contributed by atoms with E-state index in [9.17, 15) is 4.79 Å². The Morgan fingerprint density at radius 3 is 2.82 bits per heavy atom. The first-order valence-electron chi connectivity index (χ1n) is 11.2. The molecule has 0 saturated carbocycles. The fourth-order valence-corrected chi connectivity index (χ4v) is 5.23. The minimum absolute atomic E-state index is 0.127. The molecular weight excluding hydrogens is 448 g/mol. The molecule has 1 amide bonds. The van der Waals surface area contributed by atoms with E-state index in [0.717, 1.165) is 70.5 Å². The van der Waals surface area contributed by atoms with Crippen molar-refractivity contribution in [2.75, 3.05) is 37.4 Å². The van der Waals surface area contributed by atoms with Crippen LogP contribution in [0.4, 0.5) is 10.9 Å². The van der Waals surface area contributed by atoms with E-state index in [2.05, 4.69) is 25.5 Å². The Morgan fingerprint density at radius 2 is 2.12 bits per heavy atom. The summed E-state index contributed by atoms with van der Waals surface area (Å²) in [7, 11) is 3.97. The zero-order chi connectivity index (χ0) is 23.7. The SMILES string of the molecule is CNCCN(C)c1ccc(-n2nc(-c3cccnc3)c3c2-c2sc(NC(C)=O)nc2CC3)cn1. The molecule has 0 unspecified atom stereocenters. The molecule has 0 saturated heterocycles. The molecule has 9 nitrogen and oxygen atoms in total. The van der Waals surface area contributed by atoms with Crippen molar-refractivity contribution < 1.29 is 4.79 Å². The Labute approximate surface area is 201 Å². The zero-order valence-corrected chi connectivity index (χ0v) is 20.2. The van der Waals surface area contributed by atoms with Gasteiger partial charge in [0.1, 0.15) is 5.82 Å². The molecule has 0 fully saturated rings. The van der Waals surface area contributed by atoms with Gasteiger partial charge in [-0.25, -0.2) is 14.6 Å². The van der Waals surface area contributed by atoms with Gasteiger partial charge in [-0.15, -0.1) is 0 Å². The second-order valence-electron chi connectivity index (χ2n) is 8.20. The first kappa shape index (κ1) is 22.2. The predicted octanol–water partition coefficient (Wildman–Crippen LogP) is 3.17. The number of thiazole rings is 1. The van der Waals surface area contributed by atoms with Crippen molar-refractivity contribution in [1.29, 1.82) is 0 Å². The van der Waals surface area contributed by atoms with Gasteiger partial charge in [0.2, 0.25) is 5.91 Å². The number of nitrogens with one attached hydrogen (secondary N) is 2. The van der Waals surface area contributed by atoms with Crippen LogP contribution in [-0.4, -0.2) is 57.8 Å². The molecule has 4 aromatic heterocycles. The second-order valence-corrected chi connectivity index (χ2v) is 9.20. The van der Waals surface area contributed by atoms with Crippen LogP contribution in [0.2, 0.25) is 0 Å². The van der Waals surface area contributed by atoms with Crippen LogP contribution in [0.5, 0.6) is 0 Å². The number of pyridine rings is 2. The molecule has 1 aliphatic rings. The highest BCUT2D eigenvalue weighted by atomic mass is 32.1. The van der Waals surface area contributed by atoms with Gasteiger partial charge in [-0.1, -0.05) is 11.3 Å². The molecule has 4 heterocycles. The summed E-state index contributed by atoms with van der Waals surface area (Å²) in [5, 5.41) is 11.6. The monoisotopic (exact) mass is 474 g/mol. The summed E-state index contributed by atoms with van der Waals surface area (Å²) in [6, 6.07) is 8.02. The lowest BCUT2D eigenvalue weighted by atomic mass is 9.95. The van der Waals surface area contributed by atoms with Gasteiger partial charge in [0.15, 0.2) is 5.13 Å². The standard InChI is InChI=1S/C24H26N8OS/c1-15(33)28-24-29-19-8-7-18-21(16-5-4-10-26-13-16)30-32(22(18)23(19)34-24)17-6-9-20(27-14-17)31(3)12-11-25-2/h4-6,9-10,13-14,25H,7-8,11-12H2,1-3H3,(H,28,29,33). The van der Waals surface area contributed by atoms with E-state index < -0.39 is 0 Å². The molecule has 174 valence electrons. The lowest BCUT2D eigenvalue weighted by Crippen LogP contribution is -2.27. The quantitative estimate of drug-likeness (QED) is 0.424. The van der Waals surface area contributed by atoms with Crippen LogP contribution in [0.3, 0.4) is 0 Å². The summed E-state index contributed by atoms with van der Waals surface area (Å²) in [4.78, 5) is 28.4. The van der Waals surface area contributed by atoms with Crippen molar-refractivity contribution in [3.63, 3.8) is 0 Å². The minimum atomic E-state index is -0.127. The van der Waals surface area contributed by atoms with Crippen molar-refractivity contribution in [1.82, 2.24) is 30.0 Å². The van der Waals surface area contributed by atoms with Gasteiger partial charge in [-0.05, 0) is 44.2 Å². The smallest absolute Gasteiger partial charge is 0.223 e. The van der Waals surface area contributed by atoms with Crippen molar-refractivity contribution in [2.24, 2.45) is 0 Å². The predicted molar refractivity (Wildman–Crippen MR) is 135 cm³/mol. The summed E-state index contributed by atoms with van der Waals surface area (Å²) in [6.07, 6.45) is 7.07. The number of carbonyl (C=O) groups excluding carboxylic acids is 1. The molecule has 0 bridgehead atoms. The fourth-order valence-electron chi connectivity index (χ4n) is 4.12. The number of aryl methyl sites for hydroxylation is 1. The van der Waals surface area contributed by atoms with E-state index in [1.165, 1.54) is 18.3 Å². The fraction of sp³-hybridized carbons (Fsp3) is 0.292. The van der Waals surface area contributed by atoms with Gasteiger partial charge < -0.3 is 15.5 Å². The Hall–Kier alpha value is -3.63. The van der Waals surface area contributed by atoms with Gasteiger partial charge in [0, 0.05) is 50.6 Å². The average Bonchev–Trinajstić information content (AvgIpc) is 3.43. The average molecular weight is 475 g/mol. The molecular formula is C24H26N8OS. The lowest BCUT2D eigenvalue weighted by molar-refractivity contribution is -0.114. The van der Waals surface area contributed by atoms with E-state index in [1.807, 2.05) is 55.4 Å². The van der Waals surface area contributed by atoms with Crippen molar-refractivity contribution in [3.8, 4) is 27.5 Å². The van der Waals surface area contributed by atoms with E-state index in [4.69, 9.17) is 10.1 Å². The number of carbonyl (C=O) groups is 1. The molecule has 0 atom stereocenters. The summed E-state index contributed by atoms with van der Waals surface area (Å²) in [5.41, 5.74) is 5.92. The summed E-state index contributed by atoms with van der Waals surface area (Å²) in [6.45, 7) is 3.24. The van der Waals surface area contributed by atoms with Gasteiger partial charge in [0.05, 0.1) is 33.8 Å². The first-order chi connectivity index (χ1) is 16.5. The number of anilines is 2. The van der Waals surface area contributed by atoms with Crippen LogP contribution in [0, 0.1) is 0 Å². The Balaban J connectivity index is 1.61. The molecule has 2 N–H and O–H groups in total. The van der Waals surface area contributed by atoms with E-state index >= 15 is 0 Å². The third kappa shape index (κ3) is 4.17. The van der Waals surface area contributed by atoms with E-state index in [-0.39, 0.29) is 5.91 Å². The largest absolute Gasteiger partial charge is 0.358 e. The Bertz CT molecular complexity index is 1310. The highest BCUT2D eigenvalue weighted by Gasteiger charge is 2.30. The van der Waals surface area contributed by atoms with Gasteiger partial charge >= 0.3 is 0 Å². The number of fused-ring (bicyclic) bond motifs is 3. The number of rotatable bonds is 7. The second kappa shape index (κ2) is 9.32. The van der Waals surface area contributed by atoms with Crippen LogP contribution in [0.1, 0.15) is 18.2 Å².